The SMILES string of the molecule is CCOc1ccccc1C(N)c1ccc(OC)cc1F. The molecule has 2 N–H and O–H groups in total. The Hall–Kier alpha value is -2.07. The lowest BCUT2D eigenvalue weighted by atomic mass is 9.98. The van der Waals surface area contributed by atoms with E-state index in [1.807, 2.05) is 31.2 Å². The normalized spacial score (nSPS) is 12.0. The number of ether oxygens (including phenoxy) is 2. The zero-order valence-corrected chi connectivity index (χ0v) is 11.6. The molecule has 3 nitrogen and oxygen atoms in total. The predicted octanol–water partition coefficient (Wildman–Crippen LogP) is 3.28. The molecule has 4 heteroatoms. The van der Waals surface area contributed by atoms with Gasteiger partial charge in [-0.05, 0) is 19.1 Å². The van der Waals surface area contributed by atoms with Crippen LogP contribution in [0, 0.1) is 5.82 Å². The number of para-hydroxylation sites is 1. The third kappa shape index (κ3) is 2.91. The summed E-state index contributed by atoms with van der Waals surface area (Å²) in [5.74, 6) is 0.761. The third-order valence-electron chi connectivity index (χ3n) is 3.10. The summed E-state index contributed by atoms with van der Waals surface area (Å²) in [5, 5.41) is 0. The van der Waals surface area contributed by atoms with E-state index in [-0.39, 0.29) is 5.82 Å². The number of halogens is 1. The smallest absolute Gasteiger partial charge is 0.132 e. The van der Waals surface area contributed by atoms with Gasteiger partial charge in [0.2, 0.25) is 0 Å². The zero-order valence-electron chi connectivity index (χ0n) is 11.6. The van der Waals surface area contributed by atoms with Gasteiger partial charge in [-0.3, -0.25) is 0 Å². The Bertz CT molecular complexity index is 586. The van der Waals surface area contributed by atoms with Crippen LogP contribution in [0.3, 0.4) is 0 Å². The minimum Gasteiger partial charge on any atom is -0.497 e. The summed E-state index contributed by atoms with van der Waals surface area (Å²) in [4.78, 5) is 0. The maximum absolute atomic E-state index is 14.1. The van der Waals surface area contributed by atoms with Gasteiger partial charge in [-0.2, -0.15) is 0 Å². The van der Waals surface area contributed by atoms with Gasteiger partial charge in [0.1, 0.15) is 17.3 Å². The van der Waals surface area contributed by atoms with Crippen LogP contribution in [-0.2, 0) is 0 Å². The predicted molar refractivity (Wildman–Crippen MR) is 76.6 cm³/mol. The second-order valence-electron chi connectivity index (χ2n) is 4.34. The van der Waals surface area contributed by atoms with E-state index in [0.29, 0.717) is 23.7 Å². The fourth-order valence-electron chi connectivity index (χ4n) is 2.08. The maximum atomic E-state index is 14.1. The number of methoxy groups -OCH3 is 1. The fraction of sp³-hybridized carbons (Fsp3) is 0.250. The van der Waals surface area contributed by atoms with E-state index in [1.54, 1.807) is 12.1 Å². The highest BCUT2D eigenvalue weighted by Gasteiger charge is 2.17. The lowest BCUT2D eigenvalue weighted by molar-refractivity contribution is 0.335. The monoisotopic (exact) mass is 275 g/mol. The van der Waals surface area contributed by atoms with Crippen LogP contribution in [0.25, 0.3) is 0 Å². The van der Waals surface area contributed by atoms with Gasteiger partial charge in [-0.15, -0.1) is 0 Å². The molecule has 0 heterocycles. The summed E-state index contributed by atoms with van der Waals surface area (Å²) in [6, 6.07) is 11.5. The van der Waals surface area contributed by atoms with Crippen LogP contribution in [0.1, 0.15) is 24.1 Å². The van der Waals surface area contributed by atoms with Crippen molar-refractivity contribution in [3.8, 4) is 11.5 Å². The summed E-state index contributed by atoms with van der Waals surface area (Å²) in [6.45, 7) is 2.44. The van der Waals surface area contributed by atoms with E-state index < -0.39 is 6.04 Å². The van der Waals surface area contributed by atoms with Gasteiger partial charge in [0.25, 0.3) is 0 Å². The van der Waals surface area contributed by atoms with Crippen molar-refractivity contribution in [1.82, 2.24) is 0 Å². The Morgan fingerprint density at radius 3 is 2.55 bits per heavy atom. The number of nitrogens with two attached hydrogens (primary N) is 1. The second-order valence-corrected chi connectivity index (χ2v) is 4.34. The molecule has 0 saturated heterocycles. The van der Waals surface area contributed by atoms with Crippen LogP contribution < -0.4 is 15.2 Å². The van der Waals surface area contributed by atoms with Crippen molar-refractivity contribution in [3.05, 3.63) is 59.4 Å². The Morgan fingerprint density at radius 2 is 1.90 bits per heavy atom. The van der Waals surface area contributed by atoms with Gasteiger partial charge in [0, 0.05) is 17.2 Å². The molecule has 0 aromatic heterocycles. The van der Waals surface area contributed by atoms with Gasteiger partial charge in [-0.1, -0.05) is 24.3 Å². The molecule has 1 atom stereocenters. The number of hydrogen-bond donors (Lipinski definition) is 1. The first-order valence-electron chi connectivity index (χ1n) is 6.48. The molecular formula is C16H18FNO2. The summed E-state index contributed by atoms with van der Waals surface area (Å²) in [5.41, 5.74) is 7.36. The van der Waals surface area contributed by atoms with Crippen molar-refractivity contribution in [2.75, 3.05) is 13.7 Å². The molecule has 0 spiro atoms. The van der Waals surface area contributed by atoms with E-state index in [1.165, 1.54) is 13.2 Å². The zero-order chi connectivity index (χ0) is 14.5. The Kier molecular flexibility index (Phi) is 4.58. The van der Waals surface area contributed by atoms with E-state index >= 15 is 0 Å². The van der Waals surface area contributed by atoms with Crippen molar-refractivity contribution in [2.45, 2.75) is 13.0 Å². The highest BCUT2D eigenvalue weighted by Crippen LogP contribution is 2.30. The Labute approximate surface area is 118 Å². The molecule has 106 valence electrons. The molecule has 1 unspecified atom stereocenters. The van der Waals surface area contributed by atoms with Crippen molar-refractivity contribution in [1.29, 1.82) is 0 Å². The molecule has 20 heavy (non-hydrogen) atoms. The molecule has 0 radical (unpaired) electrons. The maximum Gasteiger partial charge on any atom is 0.132 e. The first kappa shape index (κ1) is 14.3. The number of rotatable bonds is 5. The molecule has 0 saturated carbocycles. The lowest BCUT2D eigenvalue weighted by Crippen LogP contribution is -2.15. The summed E-state index contributed by atoms with van der Waals surface area (Å²) in [6.07, 6.45) is 0. The number of benzene rings is 2. The first-order chi connectivity index (χ1) is 9.67. The average molecular weight is 275 g/mol. The van der Waals surface area contributed by atoms with Crippen molar-refractivity contribution >= 4 is 0 Å². The molecular weight excluding hydrogens is 257 g/mol. The van der Waals surface area contributed by atoms with Crippen LogP contribution in [0.4, 0.5) is 4.39 Å². The lowest BCUT2D eigenvalue weighted by Gasteiger charge is -2.17. The quantitative estimate of drug-likeness (QED) is 0.910. The minimum absolute atomic E-state index is 0.386. The van der Waals surface area contributed by atoms with Gasteiger partial charge >= 0.3 is 0 Å². The Balaban J connectivity index is 2.38. The van der Waals surface area contributed by atoms with Crippen LogP contribution in [-0.4, -0.2) is 13.7 Å². The van der Waals surface area contributed by atoms with Gasteiger partial charge in [-0.25, -0.2) is 4.39 Å². The van der Waals surface area contributed by atoms with Crippen molar-refractivity contribution in [3.63, 3.8) is 0 Å². The summed E-state index contributed by atoms with van der Waals surface area (Å²) in [7, 11) is 1.50. The molecule has 2 rings (SSSR count). The average Bonchev–Trinajstić information content (AvgIpc) is 2.47. The molecule has 0 aliphatic carbocycles. The number of hydrogen-bond acceptors (Lipinski definition) is 3. The standard InChI is InChI=1S/C16H18FNO2/c1-3-20-15-7-5-4-6-13(15)16(18)12-9-8-11(19-2)10-14(12)17/h4-10,16H,3,18H2,1-2H3. The minimum atomic E-state index is -0.580. The molecule has 2 aromatic carbocycles. The molecule has 0 bridgehead atoms. The van der Waals surface area contributed by atoms with Crippen LogP contribution in [0.15, 0.2) is 42.5 Å². The highest BCUT2D eigenvalue weighted by atomic mass is 19.1. The van der Waals surface area contributed by atoms with Crippen LogP contribution in [0.5, 0.6) is 11.5 Å². The van der Waals surface area contributed by atoms with E-state index in [4.69, 9.17) is 15.2 Å². The fourth-order valence-corrected chi connectivity index (χ4v) is 2.08. The van der Waals surface area contributed by atoms with Crippen LogP contribution in [0.2, 0.25) is 0 Å². The van der Waals surface area contributed by atoms with E-state index in [0.717, 1.165) is 5.56 Å². The summed E-state index contributed by atoms with van der Waals surface area (Å²) < 4.78 is 24.6. The molecule has 0 aliphatic heterocycles. The molecule has 0 aliphatic rings. The largest absolute Gasteiger partial charge is 0.497 e. The van der Waals surface area contributed by atoms with Crippen LogP contribution >= 0.6 is 0 Å². The van der Waals surface area contributed by atoms with Gasteiger partial charge in [0.15, 0.2) is 0 Å². The molecule has 2 aromatic rings. The van der Waals surface area contributed by atoms with Crippen molar-refractivity contribution < 1.29 is 13.9 Å². The summed E-state index contributed by atoms with van der Waals surface area (Å²) >= 11 is 0. The molecule has 0 amide bonds. The van der Waals surface area contributed by atoms with E-state index in [2.05, 4.69) is 0 Å². The van der Waals surface area contributed by atoms with Crippen molar-refractivity contribution in [2.24, 2.45) is 5.73 Å². The van der Waals surface area contributed by atoms with E-state index in [9.17, 15) is 4.39 Å². The highest BCUT2D eigenvalue weighted by molar-refractivity contribution is 5.43. The third-order valence-corrected chi connectivity index (χ3v) is 3.10. The van der Waals surface area contributed by atoms with Gasteiger partial charge < -0.3 is 15.2 Å². The topological polar surface area (TPSA) is 44.5 Å². The molecule has 0 fully saturated rings. The first-order valence-corrected chi connectivity index (χ1v) is 6.48. The second kappa shape index (κ2) is 6.39. The Morgan fingerprint density at radius 1 is 1.15 bits per heavy atom. The van der Waals surface area contributed by atoms with Gasteiger partial charge in [0.05, 0.1) is 19.8 Å².